The molecule has 2 heterocycles. The van der Waals surface area contributed by atoms with Crippen molar-refractivity contribution in [3.63, 3.8) is 0 Å². The molecule has 226 valence electrons. The highest BCUT2D eigenvalue weighted by atomic mass is 16.6. The summed E-state index contributed by atoms with van der Waals surface area (Å²) in [4.78, 5) is 69.8. The van der Waals surface area contributed by atoms with Gasteiger partial charge in [-0.1, -0.05) is 13.0 Å². The molecule has 13 heteroatoms. The van der Waals surface area contributed by atoms with Crippen molar-refractivity contribution in [3.8, 4) is 5.75 Å². The maximum Gasteiger partial charge on any atom is 0.409 e. The molecule has 2 aliphatic rings. The second kappa shape index (κ2) is 13.0. The van der Waals surface area contributed by atoms with Crippen LogP contribution in [0.4, 0.5) is 4.79 Å². The number of amides is 3. The summed E-state index contributed by atoms with van der Waals surface area (Å²) in [6.45, 7) is 4.76. The molecule has 0 radical (unpaired) electrons. The largest absolute Gasteiger partial charge is 0.481 e. The van der Waals surface area contributed by atoms with Crippen LogP contribution in [0.25, 0.3) is 10.9 Å². The van der Waals surface area contributed by atoms with E-state index in [-0.39, 0.29) is 57.1 Å². The Morgan fingerprint density at radius 3 is 2.29 bits per heavy atom. The highest BCUT2D eigenvalue weighted by molar-refractivity contribution is 5.99. The number of carbonyl (C=O) groups is 5. The van der Waals surface area contributed by atoms with Gasteiger partial charge < -0.3 is 34.8 Å². The topological polar surface area (TPSA) is 176 Å². The molecular weight excluding hydrogens is 548 g/mol. The standard InChI is InChI=1S/C29H36N4O9/c1-3-18-6-7-19-21(16-18)30-22(17-23(19)42-29(27(38)39)10-5-11-29)25(36)31-20(8-9-24(34)35)26(37)32-12-14-33(15-13-32)28(40)41-4-2/h6-7,16-17,20H,3-5,8-15H2,1-2H3,(H,31,36)(H,34,35)(H,38,39). The second-order valence-corrected chi connectivity index (χ2v) is 10.4. The van der Waals surface area contributed by atoms with Crippen LogP contribution in [0, 0.1) is 0 Å². The zero-order chi connectivity index (χ0) is 30.4. The van der Waals surface area contributed by atoms with Crippen LogP contribution in [0.3, 0.4) is 0 Å². The van der Waals surface area contributed by atoms with Crippen molar-refractivity contribution in [3.05, 3.63) is 35.5 Å². The predicted octanol–water partition coefficient (Wildman–Crippen LogP) is 2.45. The van der Waals surface area contributed by atoms with Gasteiger partial charge >= 0.3 is 18.0 Å². The number of hydrogen-bond donors (Lipinski definition) is 3. The highest BCUT2D eigenvalue weighted by Gasteiger charge is 2.47. The number of benzene rings is 1. The molecule has 3 amide bonds. The SMILES string of the molecule is CCOC(=O)N1CCN(C(=O)C(CCC(=O)O)NC(=O)c2cc(OC3(C(=O)O)CCC3)c3ccc(CC)cc3n2)CC1. The number of carbonyl (C=O) groups excluding carboxylic acids is 3. The van der Waals surface area contributed by atoms with Crippen LogP contribution in [-0.4, -0.2) is 99.3 Å². The lowest BCUT2D eigenvalue weighted by atomic mass is 9.80. The fraction of sp³-hybridized carbons (Fsp3) is 0.517. The monoisotopic (exact) mass is 584 g/mol. The normalized spacial score (nSPS) is 16.7. The van der Waals surface area contributed by atoms with Crippen molar-refractivity contribution in [2.24, 2.45) is 0 Å². The summed E-state index contributed by atoms with van der Waals surface area (Å²) in [5, 5.41) is 22.3. The summed E-state index contributed by atoms with van der Waals surface area (Å²) in [6.07, 6.45) is 1.07. The minimum absolute atomic E-state index is 0.0918. The molecule has 4 rings (SSSR count). The molecule has 3 N–H and O–H groups in total. The smallest absolute Gasteiger partial charge is 0.409 e. The number of piperazine rings is 1. The summed E-state index contributed by atoms with van der Waals surface area (Å²) in [6, 6.07) is 5.66. The Balaban J connectivity index is 1.58. The molecule has 1 aromatic carbocycles. The van der Waals surface area contributed by atoms with E-state index in [2.05, 4.69) is 10.3 Å². The van der Waals surface area contributed by atoms with Crippen molar-refractivity contribution in [1.29, 1.82) is 0 Å². The number of aromatic nitrogens is 1. The summed E-state index contributed by atoms with van der Waals surface area (Å²) >= 11 is 0. The van der Waals surface area contributed by atoms with E-state index in [1.807, 2.05) is 13.0 Å². The first-order valence-corrected chi connectivity index (χ1v) is 14.2. The van der Waals surface area contributed by atoms with Crippen LogP contribution in [-0.2, 0) is 25.5 Å². The maximum atomic E-state index is 13.5. The number of carboxylic acids is 2. The van der Waals surface area contributed by atoms with E-state index in [4.69, 9.17) is 9.47 Å². The van der Waals surface area contributed by atoms with Crippen LogP contribution in [0.5, 0.6) is 5.75 Å². The van der Waals surface area contributed by atoms with E-state index in [9.17, 15) is 34.2 Å². The van der Waals surface area contributed by atoms with E-state index in [0.29, 0.717) is 36.6 Å². The number of pyridine rings is 1. The lowest BCUT2D eigenvalue weighted by Crippen LogP contribution is -2.56. The number of ether oxygens (including phenoxy) is 2. The minimum atomic E-state index is -1.39. The lowest BCUT2D eigenvalue weighted by molar-refractivity contribution is -0.163. The van der Waals surface area contributed by atoms with Gasteiger partial charge in [-0.2, -0.15) is 0 Å². The molecule has 1 aliphatic carbocycles. The average Bonchev–Trinajstić information content (AvgIpc) is 2.95. The Hall–Kier alpha value is -4.42. The molecule has 0 bridgehead atoms. The van der Waals surface area contributed by atoms with E-state index in [1.165, 1.54) is 15.9 Å². The van der Waals surface area contributed by atoms with Gasteiger partial charge in [0.1, 0.15) is 17.5 Å². The number of rotatable bonds is 11. The average molecular weight is 585 g/mol. The van der Waals surface area contributed by atoms with Gasteiger partial charge in [-0.05, 0) is 56.7 Å². The maximum absolute atomic E-state index is 13.5. The molecule has 1 aliphatic heterocycles. The minimum Gasteiger partial charge on any atom is -0.481 e. The second-order valence-electron chi connectivity index (χ2n) is 10.4. The molecule has 1 unspecified atom stereocenters. The molecule has 0 spiro atoms. The van der Waals surface area contributed by atoms with Crippen LogP contribution in [0.15, 0.2) is 24.3 Å². The summed E-state index contributed by atoms with van der Waals surface area (Å²) < 4.78 is 11.0. The molecule has 1 aromatic heterocycles. The number of carboxylic acid groups (broad SMARTS) is 2. The number of aryl methyl sites for hydroxylation is 1. The van der Waals surface area contributed by atoms with Gasteiger partial charge in [0.05, 0.1) is 12.1 Å². The molecule has 42 heavy (non-hydrogen) atoms. The van der Waals surface area contributed by atoms with Crippen molar-refractivity contribution >= 4 is 40.7 Å². The molecule has 1 saturated heterocycles. The molecule has 2 aromatic rings. The Morgan fingerprint density at radius 1 is 1.02 bits per heavy atom. The van der Waals surface area contributed by atoms with Crippen molar-refractivity contribution in [1.82, 2.24) is 20.1 Å². The third-order valence-electron chi connectivity index (χ3n) is 7.70. The van der Waals surface area contributed by atoms with E-state index >= 15 is 0 Å². The molecule has 13 nitrogen and oxygen atoms in total. The van der Waals surface area contributed by atoms with Gasteiger partial charge in [-0.3, -0.25) is 14.4 Å². The van der Waals surface area contributed by atoms with Crippen LogP contribution < -0.4 is 10.1 Å². The Morgan fingerprint density at radius 2 is 1.71 bits per heavy atom. The molecule has 2 fully saturated rings. The zero-order valence-electron chi connectivity index (χ0n) is 23.8. The van der Waals surface area contributed by atoms with Gasteiger partial charge in [0.15, 0.2) is 0 Å². The Bertz CT molecular complexity index is 1370. The fourth-order valence-electron chi connectivity index (χ4n) is 5.03. The van der Waals surface area contributed by atoms with Crippen LogP contribution >= 0.6 is 0 Å². The van der Waals surface area contributed by atoms with Gasteiger partial charge in [0.25, 0.3) is 5.91 Å². The van der Waals surface area contributed by atoms with Gasteiger partial charge in [-0.25, -0.2) is 14.6 Å². The Labute approximate surface area is 242 Å². The van der Waals surface area contributed by atoms with Gasteiger partial charge in [-0.15, -0.1) is 0 Å². The predicted molar refractivity (Wildman–Crippen MR) is 149 cm³/mol. The first kappa shape index (κ1) is 30.5. The number of aliphatic carboxylic acids is 2. The summed E-state index contributed by atoms with van der Waals surface area (Å²) in [5.74, 6) is -3.22. The first-order chi connectivity index (χ1) is 20.1. The quantitative estimate of drug-likeness (QED) is 0.356. The first-order valence-electron chi connectivity index (χ1n) is 14.2. The van der Waals surface area contributed by atoms with Gasteiger partial charge in [0, 0.05) is 44.1 Å². The number of nitrogens with zero attached hydrogens (tertiary/aromatic N) is 3. The van der Waals surface area contributed by atoms with Crippen molar-refractivity contribution in [2.45, 2.75) is 64.0 Å². The molecular formula is C29H36N4O9. The zero-order valence-corrected chi connectivity index (χ0v) is 23.8. The fourth-order valence-corrected chi connectivity index (χ4v) is 5.03. The number of hydrogen-bond acceptors (Lipinski definition) is 8. The molecule has 1 saturated carbocycles. The Kier molecular flexibility index (Phi) is 9.48. The highest BCUT2D eigenvalue weighted by Crippen LogP contribution is 2.39. The van der Waals surface area contributed by atoms with Crippen LogP contribution in [0.2, 0.25) is 0 Å². The van der Waals surface area contributed by atoms with Gasteiger partial charge in [0.2, 0.25) is 11.5 Å². The van der Waals surface area contributed by atoms with Crippen LogP contribution in [0.1, 0.15) is 62.0 Å². The third kappa shape index (κ3) is 6.72. The van der Waals surface area contributed by atoms with E-state index < -0.39 is 41.5 Å². The van der Waals surface area contributed by atoms with Crippen molar-refractivity contribution < 1.29 is 43.7 Å². The summed E-state index contributed by atoms with van der Waals surface area (Å²) in [5.41, 5.74) is -0.102. The van der Waals surface area contributed by atoms with E-state index in [1.54, 1.807) is 19.1 Å². The lowest BCUT2D eigenvalue weighted by Gasteiger charge is -2.38. The third-order valence-corrected chi connectivity index (χ3v) is 7.70. The molecule has 1 atom stereocenters. The van der Waals surface area contributed by atoms with E-state index in [0.717, 1.165) is 5.56 Å². The number of fused-ring (bicyclic) bond motifs is 1. The number of nitrogens with one attached hydrogen (secondary N) is 1. The summed E-state index contributed by atoms with van der Waals surface area (Å²) in [7, 11) is 0. The van der Waals surface area contributed by atoms with Crippen molar-refractivity contribution in [2.75, 3.05) is 32.8 Å².